The monoisotopic (exact) mass is 264 g/mol. The predicted molar refractivity (Wildman–Crippen MR) is 74.2 cm³/mol. The van der Waals surface area contributed by atoms with Crippen LogP contribution in [0.25, 0.3) is 0 Å². The zero-order valence-corrected chi connectivity index (χ0v) is 11.2. The second-order valence-electron chi connectivity index (χ2n) is 3.85. The van der Waals surface area contributed by atoms with Crippen molar-refractivity contribution in [1.29, 1.82) is 0 Å². The van der Waals surface area contributed by atoms with Crippen molar-refractivity contribution in [2.45, 2.75) is 13.5 Å². The molecule has 0 aliphatic heterocycles. The Labute approximate surface area is 113 Å². The number of rotatable bonds is 6. The van der Waals surface area contributed by atoms with Crippen LogP contribution in [0.15, 0.2) is 24.3 Å². The molecule has 0 fully saturated rings. The van der Waals surface area contributed by atoms with Gasteiger partial charge in [-0.2, -0.15) is 0 Å². The molecule has 0 saturated carbocycles. The Bertz CT molecular complexity index is 440. The molecule has 0 unspecified atom stereocenters. The van der Waals surface area contributed by atoms with E-state index in [-0.39, 0.29) is 12.5 Å². The second kappa shape index (κ2) is 7.75. The highest BCUT2D eigenvalue weighted by Gasteiger charge is 2.11. The smallest absolute Gasteiger partial charge is 0.236 e. The van der Waals surface area contributed by atoms with Crippen LogP contribution in [0.4, 0.5) is 0 Å². The number of carbonyl (C=O) groups is 1. The molecule has 0 bridgehead atoms. The number of likely N-dealkylation sites (N-methyl/N-ethyl adjacent to an activating group) is 1. The average molecular weight is 265 g/mol. The summed E-state index contributed by atoms with van der Waals surface area (Å²) in [6, 6.07) is 7.52. The Balaban J connectivity index is 2.56. The van der Waals surface area contributed by atoms with E-state index in [1.807, 2.05) is 31.2 Å². The van der Waals surface area contributed by atoms with Gasteiger partial charge in [-0.15, -0.1) is 6.42 Å². The van der Waals surface area contributed by atoms with E-state index in [4.69, 9.17) is 18.0 Å². The third-order valence-electron chi connectivity index (χ3n) is 2.50. The summed E-state index contributed by atoms with van der Waals surface area (Å²) in [6.07, 6.45) is 5.11. The molecule has 1 amide bonds. The number of nitrogens with zero attached hydrogens (tertiary/aromatic N) is 1. The molecule has 1 aromatic carbocycles. The van der Waals surface area contributed by atoms with Gasteiger partial charge in [0.15, 0.2) is 0 Å². The van der Waals surface area contributed by atoms with E-state index in [0.29, 0.717) is 24.7 Å². The van der Waals surface area contributed by atoms with Crippen LogP contribution in [0, 0.1) is 12.3 Å². The molecule has 96 valence electrons. The minimum atomic E-state index is 0.0349. The van der Waals surface area contributed by atoms with Crippen LogP contribution in [0.1, 0.15) is 12.5 Å². The Morgan fingerprint density at radius 2 is 2.33 bits per heavy atom. The summed E-state index contributed by atoms with van der Waals surface area (Å²) < 4.78 is 0. The number of hydrogen-bond donors (Lipinski definition) is 1. The Hall–Kier alpha value is -1.50. The van der Waals surface area contributed by atoms with Crippen LogP contribution < -0.4 is 5.32 Å². The molecular formula is C14H17ClN2O. The predicted octanol–water partition coefficient (Wildman–Crippen LogP) is 1.91. The van der Waals surface area contributed by atoms with E-state index in [0.717, 1.165) is 5.56 Å². The number of benzene rings is 1. The van der Waals surface area contributed by atoms with E-state index in [9.17, 15) is 4.79 Å². The Kier molecular flexibility index (Phi) is 6.27. The number of carbonyl (C=O) groups excluding carboxylic acids is 1. The lowest BCUT2D eigenvalue weighted by Gasteiger charge is -2.21. The van der Waals surface area contributed by atoms with Gasteiger partial charge in [-0.3, -0.25) is 10.1 Å². The molecule has 0 aliphatic carbocycles. The fourth-order valence-corrected chi connectivity index (χ4v) is 1.80. The standard InChI is InChI=1S/C14H17ClN2O/c1-3-8-16-10-14(18)17(4-2)11-12-6-5-7-13(15)9-12/h1,5-7,9,16H,4,8,10-11H2,2H3. The molecule has 0 spiro atoms. The van der Waals surface area contributed by atoms with E-state index < -0.39 is 0 Å². The van der Waals surface area contributed by atoms with Gasteiger partial charge in [-0.25, -0.2) is 0 Å². The number of terminal acetylenes is 1. The first-order valence-electron chi connectivity index (χ1n) is 5.83. The van der Waals surface area contributed by atoms with Gasteiger partial charge < -0.3 is 4.90 Å². The fraction of sp³-hybridized carbons (Fsp3) is 0.357. The zero-order valence-electron chi connectivity index (χ0n) is 10.4. The second-order valence-corrected chi connectivity index (χ2v) is 4.28. The molecule has 1 rings (SSSR count). The summed E-state index contributed by atoms with van der Waals surface area (Å²) in [5.41, 5.74) is 1.02. The van der Waals surface area contributed by atoms with E-state index in [1.165, 1.54) is 0 Å². The number of amides is 1. The van der Waals surface area contributed by atoms with Crippen molar-refractivity contribution in [3.8, 4) is 12.3 Å². The SMILES string of the molecule is C#CCNCC(=O)N(CC)Cc1cccc(Cl)c1. The fourth-order valence-electron chi connectivity index (χ4n) is 1.59. The van der Waals surface area contributed by atoms with E-state index in [2.05, 4.69) is 11.2 Å². The van der Waals surface area contributed by atoms with Gasteiger partial charge in [0.25, 0.3) is 0 Å². The quantitative estimate of drug-likeness (QED) is 0.629. The van der Waals surface area contributed by atoms with Crippen molar-refractivity contribution in [3.63, 3.8) is 0 Å². The summed E-state index contributed by atoms with van der Waals surface area (Å²) in [6.45, 7) is 3.83. The summed E-state index contributed by atoms with van der Waals surface area (Å²) >= 11 is 5.92. The summed E-state index contributed by atoms with van der Waals surface area (Å²) in [7, 11) is 0. The van der Waals surface area contributed by atoms with Crippen LogP contribution in [0.3, 0.4) is 0 Å². The maximum Gasteiger partial charge on any atom is 0.236 e. The molecule has 18 heavy (non-hydrogen) atoms. The zero-order chi connectivity index (χ0) is 13.4. The Morgan fingerprint density at radius 1 is 1.56 bits per heavy atom. The van der Waals surface area contributed by atoms with Crippen LogP contribution in [-0.2, 0) is 11.3 Å². The number of halogens is 1. The first-order chi connectivity index (χ1) is 8.67. The van der Waals surface area contributed by atoms with Gasteiger partial charge in [0.05, 0.1) is 13.1 Å². The normalized spacial score (nSPS) is 9.83. The molecule has 1 aromatic rings. The highest BCUT2D eigenvalue weighted by Crippen LogP contribution is 2.12. The lowest BCUT2D eigenvalue weighted by atomic mass is 10.2. The molecule has 1 N–H and O–H groups in total. The van der Waals surface area contributed by atoms with Gasteiger partial charge in [0.1, 0.15) is 0 Å². The van der Waals surface area contributed by atoms with Crippen molar-refractivity contribution >= 4 is 17.5 Å². The molecule has 0 atom stereocenters. The third-order valence-corrected chi connectivity index (χ3v) is 2.74. The van der Waals surface area contributed by atoms with Crippen LogP contribution in [0.2, 0.25) is 5.02 Å². The van der Waals surface area contributed by atoms with Crippen molar-refractivity contribution in [1.82, 2.24) is 10.2 Å². The van der Waals surface area contributed by atoms with Gasteiger partial charge in [-0.1, -0.05) is 29.7 Å². The van der Waals surface area contributed by atoms with E-state index in [1.54, 1.807) is 4.90 Å². The summed E-state index contributed by atoms with van der Waals surface area (Å²) in [5.74, 6) is 2.47. The molecule has 0 heterocycles. The summed E-state index contributed by atoms with van der Waals surface area (Å²) in [4.78, 5) is 13.7. The average Bonchev–Trinajstić information content (AvgIpc) is 2.36. The van der Waals surface area contributed by atoms with Crippen LogP contribution in [-0.4, -0.2) is 30.4 Å². The minimum Gasteiger partial charge on any atom is -0.338 e. The van der Waals surface area contributed by atoms with Gasteiger partial charge in [0, 0.05) is 18.1 Å². The first kappa shape index (κ1) is 14.6. The van der Waals surface area contributed by atoms with Crippen LogP contribution in [0.5, 0.6) is 0 Å². The lowest BCUT2D eigenvalue weighted by molar-refractivity contribution is -0.130. The lowest BCUT2D eigenvalue weighted by Crippen LogP contribution is -2.37. The molecular weight excluding hydrogens is 248 g/mol. The van der Waals surface area contributed by atoms with Crippen molar-refractivity contribution in [2.75, 3.05) is 19.6 Å². The molecule has 3 nitrogen and oxygen atoms in total. The van der Waals surface area contributed by atoms with Gasteiger partial charge in [-0.05, 0) is 24.6 Å². The Morgan fingerprint density at radius 3 is 2.94 bits per heavy atom. The van der Waals surface area contributed by atoms with Gasteiger partial charge in [0.2, 0.25) is 5.91 Å². The maximum atomic E-state index is 11.9. The topological polar surface area (TPSA) is 32.3 Å². The molecule has 0 aliphatic rings. The largest absolute Gasteiger partial charge is 0.338 e. The highest BCUT2D eigenvalue weighted by molar-refractivity contribution is 6.30. The number of nitrogens with one attached hydrogen (secondary N) is 1. The molecule has 0 saturated heterocycles. The van der Waals surface area contributed by atoms with Crippen molar-refractivity contribution in [2.24, 2.45) is 0 Å². The van der Waals surface area contributed by atoms with Crippen LogP contribution >= 0.6 is 11.6 Å². The molecule has 0 aromatic heterocycles. The van der Waals surface area contributed by atoms with Crippen molar-refractivity contribution in [3.05, 3.63) is 34.9 Å². The third kappa shape index (κ3) is 4.79. The maximum absolute atomic E-state index is 11.9. The van der Waals surface area contributed by atoms with Gasteiger partial charge >= 0.3 is 0 Å². The van der Waals surface area contributed by atoms with E-state index >= 15 is 0 Å². The first-order valence-corrected chi connectivity index (χ1v) is 6.21. The minimum absolute atomic E-state index is 0.0349. The molecule has 4 heteroatoms. The molecule has 0 radical (unpaired) electrons. The number of hydrogen-bond acceptors (Lipinski definition) is 2. The summed E-state index contributed by atoms with van der Waals surface area (Å²) in [5, 5.41) is 3.58. The highest BCUT2D eigenvalue weighted by atomic mass is 35.5. The van der Waals surface area contributed by atoms with Crippen molar-refractivity contribution < 1.29 is 4.79 Å².